The third-order valence-electron chi connectivity index (χ3n) is 4.82. The van der Waals surface area contributed by atoms with Crippen LogP contribution in [-0.4, -0.2) is 27.6 Å². The smallest absolute Gasteiger partial charge is 0.220 e. The van der Waals surface area contributed by atoms with Crippen LogP contribution in [-0.2, 0) is 30.7 Å². The first-order chi connectivity index (χ1) is 11.6. The normalized spacial score (nSPS) is 13.6. The number of nitrogens with one attached hydrogen (secondary N) is 3. The largest absolute Gasteiger partial charge is 0.352 e. The summed E-state index contributed by atoms with van der Waals surface area (Å²) in [6, 6.07) is 0. The van der Waals surface area contributed by atoms with Gasteiger partial charge in [0.15, 0.2) is 0 Å². The lowest BCUT2D eigenvalue weighted by atomic mass is 9.96. The topological polar surface area (TPSA) is 82.7 Å². The minimum atomic E-state index is 0.0703. The second kappa shape index (κ2) is 7.13. The maximum atomic E-state index is 12.2. The van der Waals surface area contributed by atoms with Crippen molar-refractivity contribution in [3.05, 3.63) is 45.5 Å². The maximum Gasteiger partial charge on any atom is 0.220 e. The number of carbonyl (C=O) groups excluding carboxylic acids is 1. The molecule has 6 heteroatoms. The number of aromatic nitrogens is 3. The molecule has 1 aliphatic rings. The number of hydrogen-bond acceptors (Lipinski definition) is 4. The lowest BCUT2D eigenvalue weighted by Crippen LogP contribution is -2.29. The number of rotatable bonds is 5. The van der Waals surface area contributed by atoms with E-state index in [-0.39, 0.29) is 5.91 Å². The summed E-state index contributed by atoms with van der Waals surface area (Å²) in [6.07, 6.45) is 4.14. The van der Waals surface area contributed by atoms with E-state index in [1.165, 1.54) is 16.7 Å². The van der Waals surface area contributed by atoms with E-state index in [0.717, 1.165) is 42.2 Å². The molecule has 0 aromatic carbocycles. The molecule has 0 unspecified atom stereocenters. The third kappa shape index (κ3) is 3.48. The second-order valence-corrected chi connectivity index (χ2v) is 6.44. The molecule has 0 saturated carbocycles. The number of hydrogen-bond donors (Lipinski definition) is 3. The summed E-state index contributed by atoms with van der Waals surface area (Å²) in [5, 5.41) is 13.6. The van der Waals surface area contributed by atoms with E-state index < -0.39 is 0 Å². The maximum absolute atomic E-state index is 12.2. The van der Waals surface area contributed by atoms with Crippen molar-refractivity contribution in [1.29, 1.82) is 0 Å². The van der Waals surface area contributed by atoms with Crippen LogP contribution < -0.4 is 10.6 Å². The quantitative estimate of drug-likeness (QED) is 0.779. The predicted molar refractivity (Wildman–Crippen MR) is 92.6 cm³/mol. The summed E-state index contributed by atoms with van der Waals surface area (Å²) in [5.74, 6) is 0.0703. The van der Waals surface area contributed by atoms with E-state index in [9.17, 15) is 4.79 Å². The standard InChI is InChI=1S/C18H25N5O/c1-11-17(16-6-7-19-8-14(16)9-20-11)10-21-18(24)5-4-15-12(2)22-23-13(15)3/h9,19H,4-8,10H2,1-3H3,(H,21,24)(H,22,23). The molecule has 1 aliphatic heterocycles. The van der Waals surface area contributed by atoms with E-state index in [4.69, 9.17) is 0 Å². The van der Waals surface area contributed by atoms with Gasteiger partial charge in [0, 0.05) is 37.1 Å². The first-order valence-corrected chi connectivity index (χ1v) is 8.50. The number of H-pyrrole nitrogens is 1. The first-order valence-electron chi connectivity index (χ1n) is 8.50. The SMILES string of the molecule is Cc1n[nH]c(C)c1CCC(=O)NCc1c(C)ncc2c1CCNC2. The van der Waals surface area contributed by atoms with Gasteiger partial charge in [0.2, 0.25) is 5.91 Å². The van der Waals surface area contributed by atoms with Gasteiger partial charge >= 0.3 is 0 Å². The summed E-state index contributed by atoms with van der Waals surface area (Å²) < 4.78 is 0. The van der Waals surface area contributed by atoms with E-state index in [1.54, 1.807) is 0 Å². The third-order valence-corrected chi connectivity index (χ3v) is 4.82. The molecule has 24 heavy (non-hydrogen) atoms. The Bertz CT molecular complexity index is 731. The lowest BCUT2D eigenvalue weighted by Gasteiger charge is -2.21. The highest BCUT2D eigenvalue weighted by Crippen LogP contribution is 2.20. The fourth-order valence-electron chi connectivity index (χ4n) is 3.33. The summed E-state index contributed by atoms with van der Waals surface area (Å²) in [6.45, 7) is 8.38. The fraction of sp³-hybridized carbons (Fsp3) is 0.500. The van der Waals surface area contributed by atoms with Crippen molar-refractivity contribution in [2.45, 2.75) is 53.1 Å². The highest BCUT2D eigenvalue weighted by Gasteiger charge is 2.16. The molecule has 0 fully saturated rings. The second-order valence-electron chi connectivity index (χ2n) is 6.44. The van der Waals surface area contributed by atoms with Crippen LogP contribution in [0.1, 0.15) is 45.8 Å². The van der Waals surface area contributed by atoms with E-state index >= 15 is 0 Å². The predicted octanol–water partition coefficient (Wildman–Crippen LogP) is 1.62. The van der Waals surface area contributed by atoms with Gasteiger partial charge in [-0.25, -0.2) is 0 Å². The minimum Gasteiger partial charge on any atom is -0.352 e. The zero-order valence-corrected chi connectivity index (χ0v) is 14.6. The molecule has 0 saturated heterocycles. The monoisotopic (exact) mass is 327 g/mol. The van der Waals surface area contributed by atoms with Gasteiger partial charge in [-0.15, -0.1) is 0 Å². The van der Waals surface area contributed by atoms with Crippen molar-refractivity contribution in [2.75, 3.05) is 6.54 Å². The molecule has 0 spiro atoms. The Morgan fingerprint density at radius 1 is 1.25 bits per heavy atom. The number of nitrogens with zero attached hydrogens (tertiary/aromatic N) is 2. The molecule has 0 radical (unpaired) electrons. The van der Waals surface area contributed by atoms with Crippen molar-refractivity contribution in [2.24, 2.45) is 0 Å². The molecule has 2 aromatic heterocycles. The number of pyridine rings is 1. The summed E-state index contributed by atoms with van der Waals surface area (Å²) >= 11 is 0. The van der Waals surface area contributed by atoms with Gasteiger partial charge in [-0.05, 0) is 62.4 Å². The Labute approximate surface area is 142 Å². The molecule has 3 rings (SSSR count). The number of aryl methyl sites for hydroxylation is 3. The molecule has 6 nitrogen and oxygen atoms in total. The van der Waals surface area contributed by atoms with Gasteiger partial charge in [-0.3, -0.25) is 14.9 Å². The molecule has 2 aromatic rings. The van der Waals surface area contributed by atoms with Crippen LogP contribution in [0, 0.1) is 20.8 Å². The van der Waals surface area contributed by atoms with Crippen LogP contribution in [0.3, 0.4) is 0 Å². The van der Waals surface area contributed by atoms with E-state index in [2.05, 4.69) is 25.8 Å². The molecule has 128 valence electrons. The van der Waals surface area contributed by atoms with Crippen LogP contribution in [0.25, 0.3) is 0 Å². The van der Waals surface area contributed by atoms with Gasteiger partial charge < -0.3 is 10.6 Å². The molecular weight excluding hydrogens is 302 g/mol. The van der Waals surface area contributed by atoms with Gasteiger partial charge in [-0.2, -0.15) is 5.10 Å². The Kier molecular flexibility index (Phi) is 4.94. The summed E-state index contributed by atoms with van der Waals surface area (Å²) in [4.78, 5) is 16.7. The van der Waals surface area contributed by atoms with Crippen molar-refractivity contribution in [3.8, 4) is 0 Å². The Hall–Kier alpha value is -2.21. The summed E-state index contributed by atoms with van der Waals surface area (Å²) in [7, 11) is 0. The van der Waals surface area contributed by atoms with Gasteiger partial charge in [-0.1, -0.05) is 0 Å². The average Bonchev–Trinajstić information content (AvgIpc) is 2.90. The van der Waals surface area contributed by atoms with Crippen molar-refractivity contribution in [1.82, 2.24) is 25.8 Å². The minimum absolute atomic E-state index is 0.0703. The first kappa shape index (κ1) is 16.6. The van der Waals surface area contributed by atoms with Crippen molar-refractivity contribution in [3.63, 3.8) is 0 Å². The number of amides is 1. The van der Waals surface area contributed by atoms with Gasteiger partial charge in [0.25, 0.3) is 0 Å². The van der Waals surface area contributed by atoms with Gasteiger partial charge in [0.05, 0.1) is 5.69 Å². The Balaban J connectivity index is 1.61. The molecule has 0 aliphatic carbocycles. The van der Waals surface area contributed by atoms with Crippen LogP contribution in [0.2, 0.25) is 0 Å². The number of fused-ring (bicyclic) bond motifs is 1. The average molecular weight is 327 g/mol. The Morgan fingerprint density at radius 3 is 2.83 bits per heavy atom. The van der Waals surface area contributed by atoms with Crippen LogP contribution >= 0.6 is 0 Å². The zero-order chi connectivity index (χ0) is 17.1. The molecule has 0 atom stereocenters. The lowest BCUT2D eigenvalue weighted by molar-refractivity contribution is -0.121. The van der Waals surface area contributed by atoms with Crippen molar-refractivity contribution < 1.29 is 4.79 Å². The molecular formula is C18H25N5O. The molecule has 1 amide bonds. The van der Waals surface area contributed by atoms with Gasteiger partial charge in [0.1, 0.15) is 0 Å². The molecule has 0 bridgehead atoms. The molecule has 3 heterocycles. The highest BCUT2D eigenvalue weighted by atomic mass is 16.1. The van der Waals surface area contributed by atoms with Crippen LogP contribution in [0.15, 0.2) is 6.20 Å². The fourth-order valence-corrected chi connectivity index (χ4v) is 3.33. The van der Waals surface area contributed by atoms with Crippen LogP contribution in [0.4, 0.5) is 0 Å². The van der Waals surface area contributed by atoms with Crippen molar-refractivity contribution >= 4 is 5.91 Å². The number of carbonyl (C=O) groups is 1. The van der Waals surface area contributed by atoms with E-state index in [1.807, 2.05) is 27.0 Å². The Morgan fingerprint density at radius 2 is 2.08 bits per heavy atom. The highest BCUT2D eigenvalue weighted by molar-refractivity contribution is 5.76. The zero-order valence-electron chi connectivity index (χ0n) is 14.6. The number of aromatic amines is 1. The molecule has 3 N–H and O–H groups in total. The van der Waals surface area contributed by atoms with E-state index in [0.29, 0.717) is 19.4 Å². The van der Waals surface area contributed by atoms with Crippen LogP contribution in [0.5, 0.6) is 0 Å². The summed E-state index contributed by atoms with van der Waals surface area (Å²) in [5.41, 5.74) is 7.96.